The molecule has 4 nitrogen and oxygen atoms in total. The Hall–Kier alpha value is -2.56. The third kappa shape index (κ3) is 3.50. The van der Waals surface area contributed by atoms with E-state index < -0.39 is 6.29 Å². The lowest BCUT2D eigenvalue weighted by atomic mass is 10.2. The van der Waals surface area contributed by atoms with Gasteiger partial charge in [-0.3, -0.25) is 0 Å². The molecule has 0 N–H and O–H groups in total. The lowest BCUT2D eigenvalue weighted by Crippen LogP contribution is -2.27. The maximum absolute atomic E-state index is 6.00. The molecule has 1 fully saturated rings. The van der Waals surface area contributed by atoms with E-state index >= 15 is 0 Å². The second-order valence-electron chi connectivity index (χ2n) is 5.63. The third-order valence-electron chi connectivity index (χ3n) is 3.87. The second kappa shape index (κ2) is 6.91. The van der Waals surface area contributed by atoms with Gasteiger partial charge in [0.25, 0.3) is 0 Å². The molecule has 4 rings (SSSR count). The summed E-state index contributed by atoms with van der Waals surface area (Å²) in [6.07, 6.45) is 0.846. The topological polar surface area (TPSA) is 44.1 Å². The quantitative estimate of drug-likeness (QED) is 0.479. The van der Waals surface area contributed by atoms with Gasteiger partial charge in [0.15, 0.2) is 6.10 Å². The molecule has 0 bridgehead atoms. The molecule has 0 aliphatic carbocycles. The van der Waals surface area contributed by atoms with Crippen LogP contribution in [0.4, 0.5) is 0 Å². The van der Waals surface area contributed by atoms with E-state index in [1.54, 1.807) is 6.26 Å². The van der Waals surface area contributed by atoms with Gasteiger partial charge in [0.1, 0.15) is 17.6 Å². The number of hydrogen-bond acceptors (Lipinski definition) is 4. The van der Waals surface area contributed by atoms with Crippen molar-refractivity contribution >= 4 is 0 Å². The van der Waals surface area contributed by atoms with Crippen LogP contribution < -0.4 is 4.74 Å². The Morgan fingerprint density at radius 1 is 0.875 bits per heavy atom. The molecule has 3 atom stereocenters. The molecule has 2 heterocycles. The maximum Gasteiger partial charge on any atom is 0.229 e. The van der Waals surface area contributed by atoms with Crippen molar-refractivity contribution in [3.8, 4) is 5.75 Å². The molecule has 2 aromatic carbocycles. The SMILES string of the molecule is c1ccc(COC(Oc2ccccc2)C2OC2c2ccco2)cc1. The third-order valence-corrected chi connectivity index (χ3v) is 3.87. The van der Waals surface area contributed by atoms with Crippen molar-refractivity contribution in [2.24, 2.45) is 0 Å². The summed E-state index contributed by atoms with van der Waals surface area (Å²) in [7, 11) is 0. The van der Waals surface area contributed by atoms with E-state index in [0.717, 1.165) is 17.1 Å². The zero-order valence-electron chi connectivity index (χ0n) is 13.1. The van der Waals surface area contributed by atoms with Gasteiger partial charge in [-0.2, -0.15) is 0 Å². The number of rotatable bonds is 7. The first kappa shape index (κ1) is 15.0. The molecule has 3 aromatic rings. The summed E-state index contributed by atoms with van der Waals surface area (Å²) in [6, 6.07) is 23.4. The molecule has 1 aliphatic heterocycles. The molecule has 0 amide bonds. The summed E-state index contributed by atoms with van der Waals surface area (Å²) >= 11 is 0. The summed E-state index contributed by atoms with van der Waals surface area (Å²) in [6.45, 7) is 0.461. The number of hydrogen-bond donors (Lipinski definition) is 0. The first-order valence-electron chi connectivity index (χ1n) is 7.96. The number of furan rings is 1. The number of benzene rings is 2. The number of ether oxygens (including phenoxy) is 3. The standard InChI is InChI=1S/C20H18O4/c1-3-8-15(9-4-1)14-22-20(23-16-10-5-2-6-11-16)19-18(24-19)17-12-7-13-21-17/h1-13,18-20H,14H2. The van der Waals surface area contributed by atoms with Gasteiger partial charge < -0.3 is 18.6 Å². The minimum Gasteiger partial charge on any atom is -0.466 e. The normalized spacial score (nSPS) is 20.5. The van der Waals surface area contributed by atoms with Gasteiger partial charge >= 0.3 is 0 Å². The summed E-state index contributed by atoms with van der Waals surface area (Å²) in [5.41, 5.74) is 1.09. The Kier molecular flexibility index (Phi) is 4.32. The average Bonchev–Trinajstić information content (AvgIpc) is 3.24. The van der Waals surface area contributed by atoms with Gasteiger partial charge in [-0.25, -0.2) is 0 Å². The predicted octanol–water partition coefficient (Wildman–Crippen LogP) is 4.34. The zero-order valence-corrected chi connectivity index (χ0v) is 13.1. The average molecular weight is 322 g/mol. The van der Waals surface area contributed by atoms with Crippen molar-refractivity contribution in [2.75, 3.05) is 0 Å². The smallest absolute Gasteiger partial charge is 0.229 e. The molecule has 4 heteroatoms. The van der Waals surface area contributed by atoms with Crippen LogP contribution in [0.5, 0.6) is 5.75 Å². The molecule has 1 saturated heterocycles. The van der Waals surface area contributed by atoms with Crippen LogP contribution in [-0.4, -0.2) is 12.4 Å². The molecule has 1 aliphatic rings. The van der Waals surface area contributed by atoms with Gasteiger partial charge in [-0.05, 0) is 29.8 Å². The van der Waals surface area contributed by atoms with Crippen LogP contribution in [0.2, 0.25) is 0 Å². The van der Waals surface area contributed by atoms with Crippen molar-refractivity contribution in [3.63, 3.8) is 0 Å². The Balaban J connectivity index is 1.45. The van der Waals surface area contributed by atoms with Crippen LogP contribution in [0.3, 0.4) is 0 Å². The fourth-order valence-corrected chi connectivity index (χ4v) is 2.59. The van der Waals surface area contributed by atoms with E-state index in [1.165, 1.54) is 0 Å². The summed E-state index contributed by atoms with van der Waals surface area (Å²) in [5.74, 6) is 1.55. The molecule has 122 valence electrons. The van der Waals surface area contributed by atoms with Crippen LogP contribution in [0.1, 0.15) is 17.4 Å². The highest BCUT2D eigenvalue weighted by molar-refractivity contribution is 5.22. The molecule has 0 radical (unpaired) electrons. The van der Waals surface area contributed by atoms with Crippen molar-refractivity contribution in [1.82, 2.24) is 0 Å². The molecule has 0 spiro atoms. The van der Waals surface area contributed by atoms with E-state index in [4.69, 9.17) is 18.6 Å². The highest BCUT2D eigenvalue weighted by atomic mass is 16.7. The largest absolute Gasteiger partial charge is 0.466 e. The van der Waals surface area contributed by atoms with Crippen LogP contribution in [0, 0.1) is 0 Å². The molecule has 1 aromatic heterocycles. The van der Waals surface area contributed by atoms with E-state index in [1.807, 2.05) is 72.8 Å². The fourth-order valence-electron chi connectivity index (χ4n) is 2.59. The minimum absolute atomic E-state index is 0.121. The van der Waals surface area contributed by atoms with Crippen LogP contribution in [0.15, 0.2) is 83.5 Å². The molecule has 0 saturated carbocycles. The Bertz CT molecular complexity index is 740. The van der Waals surface area contributed by atoms with E-state index in [0.29, 0.717) is 6.61 Å². The van der Waals surface area contributed by atoms with Crippen molar-refractivity contribution in [2.45, 2.75) is 25.1 Å². The van der Waals surface area contributed by atoms with Crippen LogP contribution in [-0.2, 0) is 16.1 Å². The zero-order chi connectivity index (χ0) is 16.2. The lowest BCUT2D eigenvalue weighted by molar-refractivity contribution is -0.103. The number of epoxide rings is 1. The Morgan fingerprint density at radius 2 is 1.62 bits per heavy atom. The highest BCUT2D eigenvalue weighted by Gasteiger charge is 2.50. The lowest BCUT2D eigenvalue weighted by Gasteiger charge is -2.18. The predicted molar refractivity (Wildman–Crippen MR) is 88.4 cm³/mol. The van der Waals surface area contributed by atoms with E-state index in [2.05, 4.69) is 0 Å². The van der Waals surface area contributed by atoms with E-state index in [-0.39, 0.29) is 12.2 Å². The Labute approximate surface area is 140 Å². The molecular formula is C20H18O4. The van der Waals surface area contributed by atoms with Crippen molar-refractivity contribution in [3.05, 3.63) is 90.4 Å². The van der Waals surface area contributed by atoms with Gasteiger partial charge in [0.05, 0.1) is 12.9 Å². The van der Waals surface area contributed by atoms with Gasteiger partial charge in [0.2, 0.25) is 6.29 Å². The minimum atomic E-state index is -0.497. The van der Waals surface area contributed by atoms with Crippen molar-refractivity contribution in [1.29, 1.82) is 0 Å². The fraction of sp³-hybridized carbons (Fsp3) is 0.200. The van der Waals surface area contributed by atoms with Gasteiger partial charge in [-0.15, -0.1) is 0 Å². The summed E-state index contributed by atoms with van der Waals surface area (Å²) < 4.78 is 23.2. The van der Waals surface area contributed by atoms with Crippen LogP contribution >= 0.6 is 0 Å². The Morgan fingerprint density at radius 3 is 2.33 bits per heavy atom. The number of para-hydroxylation sites is 1. The van der Waals surface area contributed by atoms with Gasteiger partial charge in [0, 0.05) is 0 Å². The monoisotopic (exact) mass is 322 g/mol. The first-order chi connectivity index (χ1) is 11.9. The molecule has 3 unspecified atom stereocenters. The highest BCUT2D eigenvalue weighted by Crippen LogP contribution is 2.42. The van der Waals surface area contributed by atoms with E-state index in [9.17, 15) is 0 Å². The molecular weight excluding hydrogens is 304 g/mol. The summed E-state index contributed by atoms with van der Waals surface area (Å²) in [5, 5.41) is 0. The second-order valence-corrected chi connectivity index (χ2v) is 5.63. The molecule has 24 heavy (non-hydrogen) atoms. The van der Waals surface area contributed by atoms with Crippen LogP contribution in [0.25, 0.3) is 0 Å². The van der Waals surface area contributed by atoms with Gasteiger partial charge in [-0.1, -0.05) is 48.5 Å². The maximum atomic E-state index is 6.00. The summed E-state index contributed by atoms with van der Waals surface area (Å²) in [4.78, 5) is 0. The first-order valence-corrected chi connectivity index (χ1v) is 7.96. The van der Waals surface area contributed by atoms with Crippen molar-refractivity contribution < 1.29 is 18.6 Å².